The summed E-state index contributed by atoms with van der Waals surface area (Å²) in [4.78, 5) is 28.7. The summed E-state index contributed by atoms with van der Waals surface area (Å²) in [6.07, 6.45) is 0. The van der Waals surface area contributed by atoms with Crippen molar-refractivity contribution in [3.05, 3.63) is 89.7 Å². The molecule has 2 amide bonds. The van der Waals surface area contributed by atoms with E-state index in [2.05, 4.69) is 5.32 Å². The van der Waals surface area contributed by atoms with Gasteiger partial charge in [0.1, 0.15) is 11.2 Å². The highest BCUT2D eigenvalue weighted by atomic mass is 32.2. The van der Waals surface area contributed by atoms with Crippen LogP contribution in [0.5, 0.6) is 0 Å². The molecule has 0 saturated carbocycles. The van der Waals surface area contributed by atoms with Crippen molar-refractivity contribution in [3.8, 4) is 0 Å². The number of hydrogen-bond acceptors (Lipinski definition) is 4. The van der Waals surface area contributed by atoms with Gasteiger partial charge >= 0.3 is 0 Å². The molecule has 158 valence electrons. The summed E-state index contributed by atoms with van der Waals surface area (Å²) in [5.41, 5.74) is 3.93. The molecule has 0 aromatic heterocycles. The predicted octanol–water partition coefficient (Wildman–Crippen LogP) is 4.92. The van der Waals surface area contributed by atoms with Crippen molar-refractivity contribution < 1.29 is 14.0 Å². The predicted molar refractivity (Wildman–Crippen MR) is 124 cm³/mol. The number of thioether (sulfide) groups is 1. The van der Waals surface area contributed by atoms with Gasteiger partial charge in [0.15, 0.2) is 0 Å². The lowest BCUT2D eigenvalue weighted by Gasteiger charge is -2.25. The molecule has 4 rings (SSSR count). The first-order chi connectivity index (χ1) is 14.9. The van der Waals surface area contributed by atoms with E-state index >= 15 is 0 Å². The summed E-state index contributed by atoms with van der Waals surface area (Å²) in [5.74, 6) is -0.198. The minimum absolute atomic E-state index is 0.0706. The lowest BCUT2D eigenvalue weighted by Crippen LogP contribution is -2.27. The standard InChI is InChI=1S/C24H22FN3O2S/c1-27(2)20-11-13-21(14-12-20)28-22(29)15-31-24(28)17-5-9-19(10-6-17)26-23(30)16-3-7-18(25)8-4-16/h3-14,24H,15H2,1-2H3,(H,26,30)/t24-/m1/s1. The van der Waals surface area contributed by atoms with E-state index < -0.39 is 0 Å². The Kier molecular flexibility index (Phi) is 5.95. The van der Waals surface area contributed by atoms with Gasteiger partial charge in [-0.2, -0.15) is 0 Å². The van der Waals surface area contributed by atoms with E-state index in [4.69, 9.17) is 0 Å². The second-order valence-corrected chi connectivity index (χ2v) is 8.49. The molecule has 0 spiro atoms. The SMILES string of the molecule is CN(C)c1ccc(N2C(=O)CS[C@@H]2c2ccc(NC(=O)c3ccc(F)cc3)cc2)cc1. The van der Waals surface area contributed by atoms with Gasteiger partial charge in [-0.15, -0.1) is 11.8 Å². The first kappa shape index (κ1) is 20.9. The first-order valence-corrected chi connectivity index (χ1v) is 10.9. The summed E-state index contributed by atoms with van der Waals surface area (Å²) >= 11 is 1.58. The Morgan fingerprint density at radius 2 is 1.65 bits per heavy atom. The lowest BCUT2D eigenvalue weighted by atomic mass is 10.1. The molecular weight excluding hydrogens is 413 g/mol. The smallest absolute Gasteiger partial charge is 0.255 e. The number of benzene rings is 3. The van der Waals surface area contributed by atoms with Gasteiger partial charge in [0.05, 0.1) is 5.75 Å². The molecule has 1 aliphatic heterocycles. The maximum Gasteiger partial charge on any atom is 0.255 e. The van der Waals surface area contributed by atoms with Crippen LogP contribution in [-0.4, -0.2) is 31.7 Å². The fourth-order valence-corrected chi connectivity index (χ4v) is 4.57. The fraction of sp³-hybridized carbons (Fsp3) is 0.167. The number of nitrogens with zero attached hydrogens (tertiary/aromatic N) is 2. The molecule has 1 fully saturated rings. The monoisotopic (exact) mass is 435 g/mol. The van der Waals surface area contributed by atoms with E-state index in [1.807, 2.05) is 72.4 Å². The van der Waals surface area contributed by atoms with Crippen LogP contribution in [0.4, 0.5) is 21.5 Å². The van der Waals surface area contributed by atoms with Crippen molar-refractivity contribution in [2.45, 2.75) is 5.37 Å². The second kappa shape index (κ2) is 8.81. The maximum atomic E-state index is 13.0. The molecule has 1 saturated heterocycles. The van der Waals surface area contributed by atoms with Gasteiger partial charge in [-0.25, -0.2) is 4.39 Å². The summed E-state index contributed by atoms with van der Waals surface area (Å²) in [7, 11) is 3.95. The Bertz CT molecular complexity index is 1080. The molecule has 7 heteroatoms. The number of anilines is 3. The molecule has 0 aliphatic carbocycles. The summed E-state index contributed by atoms with van der Waals surface area (Å²) in [5, 5.41) is 2.69. The number of halogens is 1. The maximum absolute atomic E-state index is 13.0. The lowest BCUT2D eigenvalue weighted by molar-refractivity contribution is -0.115. The van der Waals surface area contributed by atoms with Gasteiger partial charge in [0, 0.05) is 36.7 Å². The number of carbonyl (C=O) groups is 2. The van der Waals surface area contributed by atoms with E-state index in [1.165, 1.54) is 24.3 Å². The van der Waals surface area contributed by atoms with Crippen molar-refractivity contribution >= 4 is 40.6 Å². The number of rotatable bonds is 5. The minimum Gasteiger partial charge on any atom is -0.378 e. The van der Waals surface area contributed by atoms with Crippen molar-refractivity contribution in [1.29, 1.82) is 0 Å². The number of carbonyl (C=O) groups excluding carboxylic acids is 2. The Hall–Kier alpha value is -3.32. The Morgan fingerprint density at radius 3 is 2.26 bits per heavy atom. The molecule has 31 heavy (non-hydrogen) atoms. The highest BCUT2D eigenvalue weighted by Gasteiger charge is 2.34. The number of nitrogens with one attached hydrogen (secondary N) is 1. The molecule has 5 nitrogen and oxygen atoms in total. The molecule has 3 aromatic rings. The zero-order valence-corrected chi connectivity index (χ0v) is 18.0. The van der Waals surface area contributed by atoms with E-state index in [1.54, 1.807) is 11.8 Å². The molecule has 1 heterocycles. The molecule has 3 aromatic carbocycles. The normalized spacial score (nSPS) is 15.8. The van der Waals surface area contributed by atoms with Gasteiger partial charge in [0.25, 0.3) is 5.91 Å². The van der Waals surface area contributed by atoms with Crippen LogP contribution in [-0.2, 0) is 4.79 Å². The van der Waals surface area contributed by atoms with E-state index in [0.29, 0.717) is 17.0 Å². The zero-order chi connectivity index (χ0) is 22.0. The summed E-state index contributed by atoms with van der Waals surface area (Å²) in [6, 6.07) is 20.8. The Morgan fingerprint density at radius 1 is 1.00 bits per heavy atom. The quantitative estimate of drug-likeness (QED) is 0.618. The first-order valence-electron chi connectivity index (χ1n) is 9.80. The average Bonchev–Trinajstić information content (AvgIpc) is 3.16. The fourth-order valence-electron chi connectivity index (χ4n) is 3.40. The largest absolute Gasteiger partial charge is 0.378 e. The van der Waals surface area contributed by atoms with Crippen LogP contribution in [0.2, 0.25) is 0 Å². The molecule has 0 radical (unpaired) electrons. The van der Waals surface area contributed by atoms with Crippen LogP contribution < -0.4 is 15.1 Å². The highest BCUT2D eigenvalue weighted by molar-refractivity contribution is 8.00. The van der Waals surface area contributed by atoms with Crippen LogP contribution in [0.15, 0.2) is 72.8 Å². The van der Waals surface area contributed by atoms with Crippen molar-refractivity contribution in [2.24, 2.45) is 0 Å². The molecule has 1 atom stereocenters. The molecule has 1 aliphatic rings. The number of hydrogen-bond donors (Lipinski definition) is 1. The van der Waals surface area contributed by atoms with Crippen molar-refractivity contribution in [2.75, 3.05) is 35.0 Å². The molecule has 0 unspecified atom stereocenters. The average molecular weight is 436 g/mol. The van der Waals surface area contributed by atoms with Crippen LogP contribution >= 0.6 is 11.8 Å². The highest BCUT2D eigenvalue weighted by Crippen LogP contribution is 2.42. The van der Waals surface area contributed by atoms with Crippen molar-refractivity contribution in [1.82, 2.24) is 0 Å². The third-order valence-corrected chi connectivity index (χ3v) is 6.28. The Balaban J connectivity index is 1.50. The third-order valence-electron chi connectivity index (χ3n) is 5.07. The van der Waals surface area contributed by atoms with Crippen LogP contribution in [0.3, 0.4) is 0 Å². The van der Waals surface area contributed by atoms with Gasteiger partial charge in [-0.3, -0.25) is 14.5 Å². The molecular formula is C24H22FN3O2S. The van der Waals surface area contributed by atoms with Gasteiger partial charge in [-0.05, 0) is 66.2 Å². The molecule has 1 N–H and O–H groups in total. The second-order valence-electron chi connectivity index (χ2n) is 7.42. The van der Waals surface area contributed by atoms with E-state index in [9.17, 15) is 14.0 Å². The number of amides is 2. The van der Waals surface area contributed by atoms with E-state index in [0.717, 1.165) is 16.9 Å². The third kappa shape index (κ3) is 4.56. The van der Waals surface area contributed by atoms with Crippen molar-refractivity contribution in [3.63, 3.8) is 0 Å². The van der Waals surface area contributed by atoms with Crippen LogP contribution in [0, 0.1) is 5.82 Å². The minimum atomic E-state index is -0.384. The zero-order valence-electron chi connectivity index (χ0n) is 17.2. The Labute approximate surface area is 184 Å². The van der Waals surface area contributed by atoms with Crippen LogP contribution in [0.25, 0.3) is 0 Å². The van der Waals surface area contributed by atoms with Gasteiger partial charge in [0.2, 0.25) is 5.91 Å². The van der Waals surface area contributed by atoms with Gasteiger partial charge in [-0.1, -0.05) is 12.1 Å². The molecule has 0 bridgehead atoms. The van der Waals surface area contributed by atoms with Gasteiger partial charge < -0.3 is 10.2 Å². The topological polar surface area (TPSA) is 52.6 Å². The summed E-state index contributed by atoms with van der Waals surface area (Å²) < 4.78 is 13.0. The summed E-state index contributed by atoms with van der Waals surface area (Å²) in [6.45, 7) is 0. The van der Waals surface area contributed by atoms with Crippen LogP contribution in [0.1, 0.15) is 21.3 Å². The van der Waals surface area contributed by atoms with E-state index in [-0.39, 0.29) is 23.0 Å².